The van der Waals surface area contributed by atoms with Crippen LogP contribution in [-0.2, 0) is 0 Å². The summed E-state index contributed by atoms with van der Waals surface area (Å²) in [5.41, 5.74) is 4.00. The van der Waals surface area contributed by atoms with Crippen molar-refractivity contribution in [2.45, 2.75) is 61.3 Å². The quantitative estimate of drug-likeness (QED) is 0.188. The zero-order chi connectivity index (χ0) is 29.7. The minimum Gasteiger partial charge on any atom is -0.494 e. The second-order valence-corrected chi connectivity index (χ2v) is 11.6. The molecular formula is C34H41N3O4. The zero-order valence-corrected chi connectivity index (χ0v) is 25.4. The van der Waals surface area contributed by atoms with Gasteiger partial charge in [0.25, 0.3) is 5.56 Å². The number of fused-ring (bicyclic) bond motifs is 1. The predicted octanol–water partition coefficient (Wildman–Crippen LogP) is 7.60. The van der Waals surface area contributed by atoms with Crippen molar-refractivity contribution in [1.82, 2.24) is 9.66 Å². The summed E-state index contributed by atoms with van der Waals surface area (Å²) < 4.78 is 19.2. The lowest BCUT2D eigenvalue weighted by Gasteiger charge is -2.20. The van der Waals surface area contributed by atoms with Gasteiger partial charge in [-0.05, 0) is 91.3 Å². The van der Waals surface area contributed by atoms with Crippen LogP contribution in [-0.4, -0.2) is 35.7 Å². The van der Waals surface area contributed by atoms with Crippen molar-refractivity contribution < 1.29 is 14.2 Å². The molecule has 0 aliphatic rings. The summed E-state index contributed by atoms with van der Waals surface area (Å²) in [6.45, 7) is 18.2. The molecule has 0 aliphatic carbocycles. The van der Waals surface area contributed by atoms with Crippen molar-refractivity contribution in [1.29, 1.82) is 0 Å². The van der Waals surface area contributed by atoms with Crippen molar-refractivity contribution >= 4 is 17.1 Å². The Kier molecular flexibility index (Phi) is 9.16. The molecule has 4 rings (SSSR count). The molecule has 216 valence electrons. The predicted molar refractivity (Wildman–Crippen MR) is 167 cm³/mol. The molecule has 0 radical (unpaired) electrons. The van der Waals surface area contributed by atoms with Gasteiger partial charge in [-0.2, -0.15) is 9.78 Å². The third kappa shape index (κ3) is 6.96. The van der Waals surface area contributed by atoms with Gasteiger partial charge in [-0.15, -0.1) is 0 Å². The maximum Gasteiger partial charge on any atom is 0.282 e. The summed E-state index contributed by atoms with van der Waals surface area (Å²) in [6, 6.07) is 17.1. The highest BCUT2D eigenvalue weighted by Gasteiger charge is 2.19. The minimum absolute atomic E-state index is 0.0126. The van der Waals surface area contributed by atoms with Crippen LogP contribution in [0.1, 0.15) is 71.1 Å². The van der Waals surface area contributed by atoms with Crippen LogP contribution in [0.4, 0.5) is 0 Å². The van der Waals surface area contributed by atoms with Gasteiger partial charge in [-0.3, -0.25) is 4.79 Å². The number of rotatable bonds is 10. The summed E-state index contributed by atoms with van der Waals surface area (Å²) in [7, 11) is 0. The minimum atomic E-state index is -0.239. The monoisotopic (exact) mass is 555 g/mol. The summed E-state index contributed by atoms with van der Waals surface area (Å²) in [4.78, 5) is 18.7. The Hall–Kier alpha value is -4.13. The van der Waals surface area contributed by atoms with Crippen molar-refractivity contribution in [2.24, 2.45) is 10.5 Å². The standard InChI is InChI=1S/C34H41N3O4/c1-9-39-30-17-23(5)27(19-26(30)22(3)4)32-36-28-14-12-11-13-25(28)33(38)37(32)35-20-24-15-16-29(31(18-24)40-10-2)41-21-34(6,7)8/h11-20,22H,9-10,21H2,1-8H3. The van der Waals surface area contributed by atoms with Gasteiger partial charge in [-0.1, -0.05) is 46.8 Å². The Labute approximate surface area is 242 Å². The van der Waals surface area contributed by atoms with Gasteiger partial charge in [0.15, 0.2) is 17.3 Å². The number of nitrogens with zero attached hydrogens (tertiary/aromatic N) is 3. The van der Waals surface area contributed by atoms with Crippen LogP contribution in [0.25, 0.3) is 22.3 Å². The molecule has 4 aromatic rings. The number of para-hydroxylation sites is 1. The molecule has 3 aromatic carbocycles. The molecule has 41 heavy (non-hydrogen) atoms. The Bertz CT molecular complexity index is 1610. The fourth-order valence-corrected chi connectivity index (χ4v) is 4.49. The Morgan fingerprint density at radius 1 is 0.927 bits per heavy atom. The lowest BCUT2D eigenvalue weighted by atomic mass is 9.96. The molecule has 0 bridgehead atoms. The van der Waals surface area contributed by atoms with E-state index in [0.717, 1.165) is 28.0 Å². The normalized spacial score (nSPS) is 11.9. The fraction of sp³-hybridized carbons (Fsp3) is 0.382. The summed E-state index contributed by atoms with van der Waals surface area (Å²) >= 11 is 0. The molecule has 0 atom stereocenters. The average Bonchev–Trinajstić information content (AvgIpc) is 2.92. The van der Waals surface area contributed by atoms with Crippen LogP contribution < -0.4 is 19.8 Å². The lowest BCUT2D eigenvalue weighted by Crippen LogP contribution is -2.21. The third-order valence-corrected chi connectivity index (χ3v) is 6.52. The van der Waals surface area contributed by atoms with E-state index in [2.05, 4.69) is 45.8 Å². The number of ether oxygens (including phenoxy) is 3. The maximum atomic E-state index is 13.8. The molecule has 7 heteroatoms. The average molecular weight is 556 g/mol. The number of benzene rings is 3. The zero-order valence-electron chi connectivity index (χ0n) is 25.4. The van der Waals surface area contributed by atoms with E-state index in [4.69, 9.17) is 19.2 Å². The first kappa shape index (κ1) is 29.8. The molecule has 1 heterocycles. The molecule has 0 unspecified atom stereocenters. The molecule has 0 amide bonds. The first-order valence-electron chi connectivity index (χ1n) is 14.3. The number of aryl methyl sites for hydroxylation is 1. The number of hydrogen-bond acceptors (Lipinski definition) is 6. The summed E-state index contributed by atoms with van der Waals surface area (Å²) in [5, 5.41) is 5.18. The SMILES string of the molecule is CCOc1cc(C=Nn2c(-c3cc(C(C)C)c(OCC)cc3C)nc3ccccc3c2=O)ccc1OCC(C)(C)C. The van der Waals surface area contributed by atoms with Gasteiger partial charge in [0.2, 0.25) is 0 Å². The van der Waals surface area contributed by atoms with Crippen LogP contribution in [0.5, 0.6) is 17.2 Å². The summed E-state index contributed by atoms with van der Waals surface area (Å²) in [6.07, 6.45) is 1.66. The molecule has 7 nitrogen and oxygen atoms in total. The highest BCUT2D eigenvalue weighted by molar-refractivity contribution is 5.83. The Balaban J connectivity index is 1.85. The van der Waals surface area contributed by atoms with Crippen molar-refractivity contribution in [3.63, 3.8) is 0 Å². The van der Waals surface area contributed by atoms with Gasteiger partial charge >= 0.3 is 0 Å². The molecule has 0 aliphatic heterocycles. The first-order chi connectivity index (χ1) is 19.5. The van der Waals surface area contributed by atoms with Crippen molar-refractivity contribution in [3.8, 4) is 28.6 Å². The van der Waals surface area contributed by atoms with Crippen LogP contribution in [0.15, 0.2) is 64.5 Å². The Morgan fingerprint density at radius 2 is 1.63 bits per heavy atom. The molecule has 0 N–H and O–H groups in total. The molecular weight excluding hydrogens is 514 g/mol. The van der Waals surface area contributed by atoms with Gasteiger partial charge in [0.05, 0.1) is 36.9 Å². The molecule has 0 fully saturated rings. The van der Waals surface area contributed by atoms with Crippen molar-refractivity contribution in [3.05, 3.63) is 81.6 Å². The van der Waals surface area contributed by atoms with E-state index in [1.165, 1.54) is 4.68 Å². The molecule has 0 saturated carbocycles. The van der Waals surface area contributed by atoms with E-state index >= 15 is 0 Å². The first-order valence-corrected chi connectivity index (χ1v) is 14.3. The Morgan fingerprint density at radius 3 is 2.32 bits per heavy atom. The smallest absolute Gasteiger partial charge is 0.282 e. The van der Waals surface area contributed by atoms with E-state index in [9.17, 15) is 4.79 Å². The van der Waals surface area contributed by atoms with Gasteiger partial charge < -0.3 is 14.2 Å². The largest absolute Gasteiger partial charge is 0.494 e. The molecule has 0 saturated heterocycles. The number of aromatic nitrogens is 2. The molecule has 1 aromatic heterocycles. The van der Waals surface area contributed by atoms with Crippen LogP contribution in [0.3, 0.4) is 0 Å². The maximum absolute atomic E-state index is 13.8. The van der Waals surface area contributed by atoms with Gasteiger partial charge in [0, 0.05) is 5.56 Å². The molecule has 0 spiro atoms. The lowest BCUT2D eigenvalue weighted by molar-refractivity contribution is 0.188. The second-order valence-electron chi connectivity index (χ2n) is 11.6. The van der Waals surface area contributed by atoms with Gasteiger partial charge in [0.1, 0.15) is 5.75 Å². The van der Waals surface area contributed by atoms with Gasteiger partial charge in [-0.25, -0.2) is 4.98 Å². The van der Waals surface area contributed by atoms with E-state index in [1.54, 1.807) is 12.3 Å². The fourth-order valence-electron chi connectivity index (χ4n) is 4.49. The third-order valence-electron chi connectivity index (χ3n) is 6.52. The summed E-state index contributed by atoms with van der Waals surface area (Å²) in [5.74, 6) is 2.85. The van der Waals surface area contributed by atoms with Crippen LogP contribution in [0.2, 0.25) is 0 Å². The van der Waals surface area contributed by atoms with Crippen LogP contribution in [0, 0.1) is 12.3 Å². The van der Waals surface area contributed by atoms with E-state index in [1.807, 2.05) is 63.2 Å². The van der Waals surface area contributed by atoms with Crippen molar-refractivity contribution in [2.75, 3.05) is 19.8 Å². The highest BCUT2D eigenvalue weighted by atomic mass is 16.5. The second kappa shape index (κ2) is 12.6. The van der Waals surface area contributed by atoms with Crippen LogP contribution >= 0.6 is 0 Å². The van der Waals surface area contributed by atoms with E-state index < -0.39 is 0 Å². The number of hydrogen-bond donors (Lipinski definition) is 0. The van der Waals surface area contributed by atoms with E-state index in [-0.39, 0.29) is 16.9 Å². The highest BCUT2D eigenvalue weighted by Crippen LogP contribution is 2.34. The van der Waals surface area contributed by atoms with E-state index in [0.29, 0.717) is 48.0 Å². The topological polar surface area (TPSA) is 74.9 Å².